The second-order valence-corrected chi connectivity index (χ2v) is 8.58. The molecule has 0 spiro atoms. The molecule has 1 fully saturated rings. The topological polar surface area (TPSA) is 91.1 Å². The maximum Gasteiger partial charge on any atom is 0.321 e. The van der Waals surface area contributed by atoms with Crippen LogP contribution in [-0.2, 0) is 29.2 Å². The van der Waals surface area contributed by atoms with Crippen LogP contribution in [0.15, 0.2) is 28.7 Å². The zero-order valence-corrected chi connectivity index (χ0v) is 19.0. The van der Waals surface area contributed by atoms with Crippen LogP contribution >= 0.6 is 0 Å². The first kappa shape index (κ1) is 23.7. The fourth-order valence-electron chi connectivity index (χ4n) is 3.74. The molecule has 0 bridgehead atoms. The molecule has 1 unspecified atom stereocenters. The maximum atomic E-state index is 14.9. The molecule has 2 aromatic rings. The molecule has 1 saturated heterocycles. The van der Waals surface area contributed by atoms with E-state index in [1.807, 2.05) is 25.7 Å². The summed E-state index contributed by atoms with van der Waals surface area (Å²) in [7, 11) is 2.32. The van der Waals surface area contributed by atoms with E-state index in [9.17, 15) is 14.0 Å². The lowest BCUT2D eigenvalue weighted by molar-refractivity contribution is -0.159. The smallest absolute Gasteiger partial charge is 0.321 e. The Bertz CT molecular complexity index is 946. The summed E-state index contributed by atoms with van der Waals surface area (Å²) in [5.41, 5.74) is 0.314. The number of aromatic nitrogens is 1. The third kappa shape index (κ3) is 4.77. The van der Waals surface area contributed by atoms with Crippen LogP contribution in [0.2, 0.25) is 0 Å². The van der Waals surface area contributed by atoms with Crippen LogP contribution in [-0.4, -0.2) is 57.4 Å². The number of benzene rings is 1. The van der Waals surface area contributed by atoms with Crippen LogP contribution in [0.3, 0.4) is 0 Å². The number of esters is 2. The molecule has 1 atom stereocenters. The summed E-state index contributed by atoms with van der Waals surface area (Å²) in [5, 5.41) is 0. The first-order valence-electron chi connectivity index (χ1n) is 10.4. The highest BCUT2D eigenvalue weighted by molar-refractivity contribution is 5.96. The third-order valence-corrected chi connectivity index (χ3v) is 5.38. The highest BCUT2D eigenvalue weighted by atomic mass is 19.1. The van der Waals surface area contributed by atoms with Gasteiger partial charge in [-0.25, -0.2) is 9.37 Å². The van der Waals surface area contributed by atoms with E-state index in [4.69, 9.17) is 23.6 Å². The molecule has 32 heavy (non-hydrogen) atoms. The number of halogens is 1. The van der Waals surface area contributed by atoms with Gasteiger partial charge in [0.2, 0.25) is 11.8 Å². The van der Waals surface area contributed by atoms with Gasteiger partial charge in [0.1, 0.15) is 11.5 Å². The van der Waals surface area contributed by atoms with Gasteiger partial charge in [-0.2, -0.15) is 0 Å². The summed E-state index contributed by atoms with van der Waals surface area (Å²) in [4.78, 5) is 32.0. The molecule has 1 aliphatic rings. The van der Waals surface area contributed by atoms with Crippen molar-refractivity contribution in [1.29, 1.82) is 0 Å². The second-order valence-electron chi connectivity index (χ2n) is 8.58. The van der Waals surface area contributed by atoms with E-state index < -0.39 is 35.0 Å². The zero-order chi connectivity index (χ0) is 23.5. The number of oxazole rings is 1. The number of carbonyl (C=O) groups is 2. The highest BCUT2D eigenvalue weighted by Crippen LogP contribution is 2.40. The third-order valence-electron chi connectivity index (χ3n) is 5.38. The summed E-state index contributed by atoms with van der Waals surface area (Å²) in [6.07, 6.45) is 0. The van der Waals surface area contributed by atoms with Gasteiger partial charge in [0.25, 0.3) is 0 Å². The van der Waals surface area contributed by atoms with Crippen LogP contribution in [0.4, 0.5) is 10.3 Å². The van der Waals surface area contributed by atoms with E-state index in [1.165, 1.54) is 18.2 Å². The molecule has 8 nitrogen and oxygen atoms in total. The number of rotatable bonds is 6. The molecule has 1 aromatic carbocycles. The first-order chi connectivity index (χ1) is 15.2. The molecule has 9 heteroatoms. The predicted octanol–water partition coefficient (Wildman–Crippen LogP) is 3.04. The van der Waals surface area contributed by atoms with Gasteiger partial charge in [0.15, 0.2) is 5.92 Å². The van der Waals surface area contributed by atoms with Gasteiger partial charge in [0.05, 0.1) is 33.4 Å². The molecule has 0 saturated carbocycles. The van der Waals surface area contributed by atoms with E-state index in [-0.39, 0.29) is 11.5 Å². The second kappa shape index (κ2) is 9.68. The van der Waals surface area contributed by atoms with Gasteiger partial charge in [-0.1, -0.05) is 39.0 Å². The normalized spacial score (nSPS) is 15.5. The van der Waals surface area contributed by atoms with E-state index in [2.05, 4.69) is 0 Å². The average Bonchev–Trinajstić information content (AvgIpc) is 3.23. The standard InChI is InChI=1S/C23H29FN2O6/c1-23(2,3)18-20(26-10-12-31-13-11-26)32-19(25-18)16(14-8-6-7-9-15(14)24)17(21(27)29-4)22(28)30-5/h6-9,16-17H,10-13H2,1-5H3. The number of hydrogen-bond donors (Lipinski definition) is 0. The summed E-state index contributed by atoms with van der Waals surface area (Å²) in [6.45, 7) is 8.20. The van der Waals surface area contributed by atoms with Gasteiger partial charge in [-0.05, 0) is 6.07 Å². The largest absolute Gasteiger partial charge is 0.468 e. The molecule has 0 N–H and O–H groups in total. The molecule has 0 radical (unpaired) electrons. The Kier molecular flexibility index (Phi) is 7.18. The SMILES string of the molecule is COC(=O)C(C(=O)OC)C(c1nc(C(C)(C)C)c(N2CCOCC2)o1)c1ccccc1F. The number of ether oxygens (including phenoxy) is 3. The van der Waals surface area contributed by atoms with Crippen molar-refractivity contribution >= 4 is 17.8 Å². The lowest BCUT2D eigenvalue weighted by Crippen LogP contribution is -2.37. The monoisotopic (exact) mass is 448 g/mol. The predicted molar refractivity (Wildman–Crippen MR) is 114 cm³/mol. The molecule has 1 aromatic heterocycles. The van der Waals surface area contributed by atoms with Crippen LogP contribution < -0.4 is 4.90 Å². The minimum atomic E-state index is -1.49. The fraction of sp³-hybridized carbons (Fsp3) is 0.522. The maximum absolute atomic E-state index is 14.9. The number of morpholine rings is 1. The van der Waals surface area contributed by atoms with Crippen LogP contribution in [0.25, 0.3) is 0 Å². The van der Waals surface area contributed by atoms with Crippen molar-refractivity contribution in [2.24, 2.45) is 5.92 Å². The summed E-state index contributed by atoms with van der Waals surface area (Å²) < 4.78 is 36.3. The lowest BCUT2D eigenvalue weighted by atomic mass is 9.85. The van der Waals surface area contributed by atoms with Gasteiger partial charge in [0, 0.05) is 24.1 Å². The quantitative estimate of drug-likeness (QED) is 0.492. The average molecular weight is 448 g/mol. The van der Waals surface area contributed by atoms with Gasteiger partial charge in [-0.3, -0.25) is 9.59 Å². The van der Waals surface area contributed by atoms with Crippen molar-refractivity contribution in [3.8, 4) is 0 Å². The number of hydrogen-bond acceptors (Lipinski definition) is 8. The van der Waals surface area contributed by atoms with Crippen molar-refractivity contribution in [2.75, 3.05) is 45.4 Å². The minimum Gasteiger partial charge on any atom is -0.468 e. The van der Waals surface area contributed by atoms with Crippen molar-refractivity contribution in [2.45, 2.75) is 32.1 Å². The first-order valence-corrected chi connectivity index (χ1v) is 10.4. The zero-order valence-electron chi connectivity index (χ0n) is 19.0. The van der Waals surface area contributed by atoms with Crippen LogP contribution in [0.5, 0.6) is 0 Å². The number of methoxy groups -OCH3 is 2. The van der Waals surface area contributed by atoms with Crippen molar-refractivity contribution in [1.82, 2.24) is 4.98 Å². The van der Waals surface area contributed by atoms with Gasteiger partial charge >= 0.3 is 11.9 Å². The van der Waals surface area contributed by atoms with Crippen molar-refractivity contribution in [3.63, 3.8) is 0 Å². The minimum absolute atomic E-state index is 0.0438. The van der Waals surface area contributed by atoms with E-state index in [0.29, 0.717) is 37.9 Å². The van der Waals surface area contributed by atoms with Crippen LogP contribution in [0.1, 0.15) is 43.8 Å². The molecular weight excluding hydrogens is 419 g/mol. The Balaban J connectivity index is 2.22. The van der Waals surface area contributed by atoms with Crippen LogP contribution in [0, 0.1) is 11.7 Å². The molecule has 0 amide bonds. The number of anilines is 1. The summed E-state index contributed by atoms with van der Waals surface area (Å²) >= 11 is 0. The molecular formula is C23H29FN2O6. The van der Waals surface area contributed by atoms with Crippen molar-refractivity contribution < 1.29 is 32.6 Å². The Hall–Kier alpha value is -2.94. The number of carbonyl (C=O) groups excluding carboxylic acids is 2. The Labute approximate surface area is 186 Å². The molecule has 1 aliphatic heterocycles. The summed E-state index contributed by atoms with van der Waals surface area (Å²) in [5.74, 6) is -4.44. The Morgan fingerprint density at radius 1 is 1.09 bits per heavy atom. The Morgan fingerprint density at radius 2 is 1.69 bits per heavy atom. The highest BCUT2D eigenvalue weighted by Gasteiger charge is 2.44. The fourth-order valence-corrected chi connectivity index (χ4v) is 3.74. The molecule has 0 aliphatic carbocycles. The molecule has 174 valence electrons. The molecule has 2 heterocycles. The lowest BCUT2D eigenvalue weighted by Gasteiger charge is -2.29. The van der Waals surface area contributed by atoms with E-state index >= 15 is 0 Å². The van der Waals surface area contributed by atoms with E-state index in [0.717, 1.165) is 14.2 Å². The summed E-state index contributed by atoms with van der Waals surface area (Å²) in [6, 6.07) is 5.89. The van der Waals surface area contributed by atoms with Crippen molar-refractivity contribution in [3.05, 3.63) is 47.2 Å². The van der Waals surface area contributed by atoms with Gasteiger partial charge in [-0.15, -0.1) is 0 Å². The van der Waals surface area contributed by atoms with Gasteiger partial charge < -0.3 is 23.5 Å². The van der Waals surface area contributed by atoms with E-state index in [1.54, 1.807) is 6.07 Å². The Morgan fingerprint density at radius 3 is 2.22 bits per heavy atom. The molecule has 3 rings (SSSR count). The number of nitrogens with zero attached hydrogens (tertiary/aromatic N) is 2.